The molecule has 0 radical (unpaired) electrons. The Morgan fingerprint density at radius 3 is 3.20 bits per heavy atom. The molecule has 1 atom stereocenters. The summed E-state index contributed by atoms with van der Waals surface area (Å²) >= 11 is 0. The molecule has 2 heterocycles. The van der Waals surface area contributed by atoms with E-state index in [-0.39, 0.29) is 12.5 Å². The molecule has 1 fully saturated rings. The number of carbonyl (C=O) groups excluding carboxylic acids is 1. The van der Waals surface area contributed by atoms with Gasteiger partial charge in [0.05, 0.1) is 12.5 Å². The molecule has 0 N–H and O–H groups in total. The molecule has 1 aliphatic rings. The summed E-state index contributed by atoms with van der Waals surface area (Å²) in [5.74, 6) is 1.13. The average Bonchev–Trinajstić information content (AvgIpc) is 2.68. The van der Waals surface area contributed by atoms with Gasteiger partial charge in [0.2, 0.25) is 5.89 Å². The number of likely N-dealkylation sites (tertiary alicyclic amines) is 1. The molecule has 1 aromatic heterocycles. The maximum atomic E-state index is 10.3. The molecule has 0 amide bonds. The first-order valence-corrected chi connectivity index (χ1v) is 5.27. The molecule has 1 aliphatic heterocycles. The first-order valence-electron chi connectivity index (χ1n) is 5.27. The minimum atomic E-state index is 0.228. The van der Waals surface area contributed by atoms with Crippen molar-refractivity contribution in [3.8, 4) is 0 Å². The highest BCUT2D eigenvalue weighted by Gasteiger charge is 2.25. The van der Waals surface area contributed by atoms with Crippen molar-refractivity contribution in [2.75, 3.05) is 13.6 Å². The van der Waals surface area contributed by atoms with Gasteiger partial charge in [0.15, 0.2) is 5.82 Å². The van der Waals surface area contributed by atoms with Crippen molar-refractivity contribution in [3.05, 3.63) is 11.7 Å². The maximum absolute atomic E-state index is 10.3. The Balaban J connectivity index is 2.09. The van der Waals surface area contributed by atoms with E-state index in [1.165, 1.54) is 12.8 Å². The van der Waals surface area contributed by atoms with Crippen LogP contribution in [0, 0.1) is 0 Å². The molecular formula is C10H15N3O2. The second-order valence-electron chi connectivity index (χ2n) is 3.91. The van der Waals surface area contributed by atoms with Gasteiger partial charge in [-0.15, -0.1) is 0 Å². The first-order chi connectivity index (χ1) is 7.31. The number of rotatable bonds is 3. The molecule has 0 aromatic carbocycles. The molecule has 0 saturated carbocycles. The number of carbonyl (C=O) groups is 1. The Morgan fingerprint density at radius 1 is 1.60 bits per heavy atom. The predicted octanol–water partition coefficient (Wildman–Crippen LogP) is 0.968. The van der Waals surface area contributed by atoms with Crippen LogP contribution in [0.5, 0.6) is 0 Å². The average molecular weight is 209 g/mol. The van der Waals surface area contributed by atoms with Gasteiger partial charge in [-0.1, -0.05) is 11.6 Å². The highest BCUT2D eigenvalue weighted by atomic mass is 16.5. The largest absolute Gasteiger partial charge is 0.338 e. The van der Waals surface area contributed by atoms with Crippen LogP contribution in [0.1, 0.15) is 37.0 Å². The van der Waals surface area contributed by atoms with Crippen LogP contribution in [-0.2, 0) is 11.2 Å². The SMILES string of the molecule is CN1CCCCC1c1nc(CC=O)no1. The summed E-state index contributed by atoms with van der Waals surface area (Å²) < 4.78 is 5.17. The van der Waals surface area contributed by atoms with E-state index in [4.69, 9.17) is 4.52 Å². The van der Waals surface area contributed by atoms with Gasteiger partial charge in [0.25, 0.3) is 0 Å². The number of nitrogens with zero attached hydrogens (tertiary/aromatic N) is 3. The molecule has 1 aromatic rings. The summed E-state index contributed by atoms with van der Waals surface area (Å²) in [5, 5.41) is 3.77. The van der Waals surface area contributed by atoms with E-state index < -0.39 is 0 Å². The lowest BCUT2D eigenvalue weighted by Gasteiger charge is -2.29. The van der Waals surface area contributed by atoms with Gasteiger partial charge in [-0.25, -0.2) is 0 Å². The summed E-state index contributed by atoms with van der Waals surface area (Å²) in [6, 6.07) is 0.228. The van der Waals surface area contributed by atoms with E-state index in [1.54, 1.807) is 0 Å². The Bertz CT molecular complexity index is 337. The van der Waals surface area contributed by atoms with Gasteiger partial charge >= 0.3 is 0 Å². The van der Waals surface area contributed by atoms with Gasteiger partial charge in [0, 0.05) is 0 Å². The number of piperidine rings is 1. The number of hydrogen-bond acceptors (Lipinski definition) is 5. The van der Waals surface area contributed by atoms with Gasteiger partial charge in [-0.3, -0.25) is 4.90 Å². The number of hydrogen-bond donors (Lipinski definition) is 0. The predicted molar refractivity (Wildman–Crippen MR) is 53.3 cm³/mol. The third-order valence-corrected chi connectivity index (χ3v) is 2.81. The second-order valence-corrected chi connectivity index (χ2v) is 3.91. The minimum Gasteiger partial charge on any atom is -0.338 e. The van der Waals surface area contributed by atoms with Gasteiger partial charge in [-0.05, 0) is 26.4 Å². The monoisotopic (exact) mass is 209 g/mol. The highest BCUT2D eigenvalue weighted by Crippen LogP contribution is 2.27. The van der Waals surface area contributed by atoms with E-state index in [2.05, 4.69) is 22.1 Å². The van der Waals surface area contributed by atoms with E-state index in [0.29, 0.717) is 11.7 Å². The lowest BCUT2D eigenvalue weighted by atomic mass is 10.0. The van der Waals surface area contributed by atoms with Crippen molar-refractivity contribution in [2.24, 2.45) is 0 Å². The zero-order chi connectivity index (χ0) is 10.7. The smallest absolute Gasteiger partial charge is 0.243 e. The topological polar surface area (TPSA) is 59.2 Å². The Kier molecular flexibility index (Phi) is 3.11. The number of aldehydes is 1. The van der Waals surface area contributed by atoms with E-state index in [9.17, 15) is 4.79 Å². The van der Waals surface area contributed by atoms with Gasteiger partial charge in [0.1, 0.15) is 6.29 Å². The van der Waals surface area contributed by atoms with Crippen LogP contribution in [0.25, 0.3) is 0 Å². The van der Waals surface area contributed by atoms with Crippen molar-refractivity contribution in [2.45, 2.75) is 31.7 Å². The van der Waals surface area contributed by atoms with E-state index in [1.807, 2.05) is 0 Å². The zero-order valence-electron chi connectivity index (χ0n) is 8.85. The van der Waals surface area contributed by atoms with Crippen molar-refractivity contribution in [1.82, 2.24) is 15.0 Å². The van der Waals surface area contributed by atoms with Gasteiger partial charge in [-0.2, -0.15) is 4.98 Å². The van der Waals surface area contributed by atoms with Crippen molar-refractivity contribution < 1.29 is 9.32 Å². The molecule has 0 spiro atoms. The molecule has 15 heavy (non-hydrogen) atoms. The Morgan fingerprint density at radius 2 is 2.47 bits per heavy atom. The van der Waals surface area contributed by atoms with Gasteiger partial charge < -0.3 is 9.32 Å². The molecular weight excluding hydrogens is 194 g/mol. The summed E-state index contributed by atoms with van der Waals surface area (Å²) in [4.78, 5) is 16.7. The molecule has 1 saturated heterocycles. The fourth-order valence-electron chi connectivity index (χ4n) is 1.95. The van der Waals surface area contributed by atoms with Crippen molar-refractivity contribution in [1.29, 1.82) is 0 Å². The highest BCUT2D eigenvalue weighted by molar-refractivity contribution is 5.52. The Labute approximate surface area is 88.5 Å². The number of aromatic nitrogens is 2. The quantitative estimate of drug-likeness (QED) is 0.694. The van der Waals surface area contributed by atoms with Crippen LogP contribution in [0.15, 0.2) is 4.52 Å². The third-order valence-electron chi connectivity index (χ3n) is 2.81. The summed E-state index contributed by atoms with van der Waals surface area (Å²) in [7, 11) is 2.06. The molecule has 5 heteroatoms. The van der Waals surface area contributed by atoms with Crippen molar-refractivity contribution in [3.63, 3.8) is 0 Å². The second kappa shape index (κ2) is 4.53. The molecule has 82 valence electrons. The van der Waals surface area contributed by atoms with E-state index in [0.717, 1.165) is 19.3 Å². The molecule has 1 unspecified atom stereocenters. The van der Waals surface area contributed by atoms with Crippen LogP contribution >= 0.6 is 0 Å². The molecule has 2 rings (SSSR count). The minimum absolute atomic E-state index is 0.228. The normalized spacial score (nSPS) is 22.9. The third kappa shape index (κ3) is 2.23. The zero-order valence-corrected chi connectivity index (χ0v) is 8.85. The maximum Gasteiger partial charge on any atom is 0.243 e. The summed E-state index contributed by atoms with van der Waals surface area (Å²) in [6.45, 7) is 1.07. The molecule has 5 nitrogen and oxygen atoms in total. The van der Waals surface area contributed by atoms with Crippen molar-refractivity contribution >= 4 is 6.29 Å². The van der Waals surface area contributed by atoms with Crippen LogP contribution < -0.4 is 0 Å². The molecule has 0 aliphatic carbocycles. The van der Waals surface area contributed by atoms with Crippen LogP contribution in [0.4, 0.5) is 0 Å². The lowest BCUT2D eigenvalue weighted by Crippen LogP contribution is -2.29. The first kappa shape index (κ1) is 10.3. The molecule has 0 bridgehead atoms. The summed E-state index contributed by atoms with van der Waals surface area (Å²) in [5.41, 5.74) is 0. The standard InChI is InChI=1S/C10H15N3O2/c1-13-6-3-2-4-8(13)10-11-9(5-7-14)12-15-10/h7-8H,2-6H2,1H3. The lowest BCUT2D eigenvalue weighted by molar-refractivity contribution is -0.107. The Hall–Kier alpha value is -1.23. The summed E-state index contributed by atoms with van der Waals surface area (Å²) in [6.07, 6.45) is 4.50. The fraction of sp³-hybridized carbons (Fsp3) is 0.700. The van der Waals surface area contributed by atoms with E-state index >= 15 is 0 Å². The fourth-order valence-corrected chi connectivity index (χ4v) is 1.95. The van der Waals surface area contributed by atoms with Crippen LogP contribution in [0.3, 0.4) is 0 Å². The van der Waals surface area contributed by atoms with Crippen LogP contribution in [0.2, 0.25) is 0 Å². The van der Waals surface area contributed by atoms with Crippen LogP contribution in [-0.4, -0.2) is 34.9 Å².